The number of allylic oxidation sites excluding steroid dienone is 1. The van der Waals surface area contributed by atoms with Gasteiger partial charge in [0.2, 0.25) is 0 Å². The topological polar surface area (TPSA) is 0 Å². The summed E-state index contributed by atoms with van der Waals surface area (Å²) < 4.78 is 0. The summed E-state index contributed by atoms with van der Waals surface area (Å²) in [4.78, 5) is 0. The van der Waals surface area contributed by atoms with Crippen molar-refractivity contribution in [2.75, 3.05) is 0 Å². The summed E-state index contributed by atoms with van der Waals surface area (Å²) in [7, 11) is 0. The molecule has 0 spiro atoms. The van der Waals surface area contributed by atoms with E-state index in [1.54, 1.807) is 0 Å². The van der Waals surface area contributed by atoms with Crippen molar-refractivity contribution in [3.8, 4) is 0 Å². The Balaban J connectivity index is 2.23. The SMILES string of the molecule is ClC(=C1CCCCCC1)c1ccccc1. The first-order chi connectivity index (χ1) is 7.38. The van der Waals surface area contributed by atoms with Crippen molar-refractivity contribution in [3.63, 3.8) is 0 Å². The molecule has 0 unspecified atom stereocenters. The predicted molar refractivity (Wildman–Crippen MR) is 66.9 cm³/mol. The fourth-order valence-electron chi connectivity index (χ4n) is 2.16. The second kappa shape index (κ2) is 5.37. The van der Waals surface area contributed by atoms with Crippen molar-refractivity contribution in [3.05, 3.63) is 41.5 Å². The molecule has 1 aliphatic rings. The maximum absolute atomic E-state index is 6.44. The summed E-state index contributed by atoms with van der Waals surface area (Å²) in [5.41, 5.74) is 2.64. The summed E-state index contributed by atoms with van der Waals surface area (Å²) in [6.45, 7) is 0. The molecule has 0 saturated heterocycles. The smallest absolute Gasteiger partial charge is 0.0470 e. The van der Waals surface area contributed by atoms with Gasteiger partial charge in [-0.2, -0.15) is 0 Å². The Hall–Kier alpha value is -0.750. The van der Waals surface area contributed by atoms with E-state index in [1.807, 2.05) is 6.07 Å². The van der Waals surface area contributed by atoms with Crippen LogP contribution in [0.1, 0.15) is 44.1 Å². The van der Waals surface area contributed by atoms with E-state index in [0.717, 1.165) is 5.03 Å². The van der Waals surface area contributed by atoms with Crippen LogP contribution in [0, 0.1) is 0 Å². The highest BCUT2D eigenvalue weighted by Crippen LogP contribution is 2.31. The molecule has 1 aliphatic carbocycles. The van der Waals surface area contributed by atoms with Gasteiger partial charge in [0.15, 0.2) is 0 Å². The van der Waals surface area contributed by atoms with E-state index < -0.39 is 0 Å². The number of hydrogen-bond donors (Lipinski definition) is 0. The van der Waals surface area contributed by atoms with Crippen LogP contribution in [-0.4, -0.2) is 0 Å². The summed E-state index contributed by atoms with van der Waals surface area (Å²) >= 11 is 6.44. The molecule has 80 valence electrons. The highest BCUT2D eigenvalue weighted by molar-refractivity contribution is 6.49. The second-order valence-corrected chi connectivity index (χ2v) is 4.58. The average molecular weight is 221 g/mol. The van der Waals surface area contributed by atoms with Crippen molar-refractivity contribution in [2.45, 2.75) is 38.5 Å². The third kappa shape index (κ3) is 2.85. The molecule has 1 saturated carbocycles. The van der Waals surface area contributed by atoms with Gasteiger partial charge in [-0.1, -0.05) is 60.3 Å². The fourth-order valence-corrected chi connectivity index (χ4v) is 2.48. The maximum Gasteiger partial charge on any atom is 0.0470 e. The van der Waals surface area contributed by atoms with E-state index >= 15 is 0 Å². The lowest BCUT2D eigenvalue weighted by atomic mass is 10.0. The van der Waals surface area contributed by atoms with Crippen LogP contribution in [-0.2, 0) is 0 Å². The highest BCUT2D eigenvalue weighted by atomic mass is 35.5. The molecule has 1 heteroatoms. The summed E-state index contributed by atoms with van der Waals surface area (Å²) in [5, 5.41) is 0.998. The molecule has 1 aromatic carbocycles. The number of rotatable bonds is 1. The number of halogens is 1. The quantitative estimate of drug-likeness (QED) is 0.585. The monoisotopic (exact) mass is 220 g/mol. The lowest BCUT2D eigenvalue weighted by Gasteiger charge is -2.07. The normalized spacial score (nSPS) is 17.3. The minimum Gasteiger partial charge on any atom is -0.0837 e. The third-order valence-electron chi connectivity index (χ3n) is 3.04. The van der Waals surface area contributed by atoms with Crippen LogP contribution in [0.25, 0.3) is 5.03 Å². The standard InChI is InChI=1S/C14H17Cl/c15-14(13-10-6-3-7-11-13)12-8-4-1-2-5-9-12/h3,6-7,10-11H,1-2,4-5,8-9H2. The first kappa shape index (κ1) is 10.8. The zero-order valence-corrected chi connectivity index (χ0v) is 9.76. The van der Waals surface area contributed by atoms with Gasteiger partial charge in [0, 0.05) is 5.03 Å². The zero-order chi connectivity index (χ0) is 10.5. The molecule has 0 bridgehead atoms. The Labute approximate surface area is 97.0 Å². The van der Waals surface area contributed by atoms with Crippen LogP contribution in [0.5, 0.6) is 0 Å². The lowest BCUT2D eigenvalue weighted by Crippen LogP contribution is -1.86. The molecule has 2 rings (SSSR count). The minimum atomic E-state index is 0.998. The molecule has 0 heterocycles. The summed E-state index contributed by atoms with van der Waals surface area (Å²) in [5.74, 6) is 0. The van der Waals surface area contributed by atoms with Crippen LogP contribution >= 0.6 is 11.6 Å². The molecule has 1 aromatic rings. The van der Waals surface area contributed by atoms with Gasteiger partial charge in [-0.3, -0.25) is 0 Å². The first-order valence-electron chi connectivity index (χ1n) is 5.81. The van der Waals surface area contributed by atoms with Crippen molar-refractivity contribution >= 4 is 16.6 Å². The summed E-state index contributed by atoms with van der Waals surface area (Å²) in [6.07, 6.45) is 7.71. The molecular formula is C14H17Cl. The maximum atomic E-state index is 6.44. The molecule has 0 aromatic heterocycles. The van der Waals surface area contributed by atoms with Gasteiger partial charge in [0.1, 0.15) is 0 Å². The Kier molecular flexibility index (Phi) is 3.85. The Morgan fingerprint density at radius 2 is 1.47 bits per heavy atom. The molecular weight excluding hydrogens is 204 g/mol. The van der Waals surface area contributed by atoms with E-state index in [1.165, 1.54) is 49.7 Å². The van der Waals surface area contributed by atoms with Crippen molar-refractivity contribution < 1.29 is 0 Å². The van der Waals surface area contributed by atoms with E-state index in [4.69, 9.17) is 11.6 Å². The Morgan fingerprint density at radius 3 is 2.07 bits per heavy atom. The molecule has 1 fully saturated rings. The van der Waals surface area contributed by atoms with Gasteiger partial charge in [-0.05, 0) is 31.2 Å². The fraction of sp³-hybridized carbons (Fsp3) is 0.429. The largest absolute Gasteiger partial charge is 0.0837 e. The predicted octanol–water partition coefficient (Wildman–Crippen LogP) is 4.99. The van der Waals surface area contributed by atoms with E-state index in [9.17, 15) is 0 Å². The van der Waals surface area contributed by atoms with Crippen molar-refractivity contribution in [1.29, 1.82) is 0 Å². The zero-order valence-electron chi connectivity index (χ0n) is 9.01. The van der Waals surface area contributed by atoms with Crippen LogP contribution in [0.4, 0.5) is 0 Å². The van der Waals surface area contributed by atoms with Crippen molar-refractivity contribution in [2.24, 2.45) is 0 Å². The molecule has 0 aliphatic heterocycles. The van der Waals surface area contributed by atoms with Crippen LogP contribution in [0.3, 0.4) is 0 Å². The van der Waals surface area contributed by atoms with Gasteiger partial charge in [-0.15, -0.1) is 0 Å². The molecule has 0 atom stereocenters. The minimum absolute atomic E-state index is 0.998. The van der Waals surface area contributed by atoms with E-state index in [0.29, 0.717) is 0 Å². The number of benzene rings is 1. The molecule has 0 amide bonds. The third-order valence-corrected chi connectivity index (χ3v) is 3.53. The summed E-state index contributed by atoms with van der Waals surface area (Å²) in [6, 6.07) is 10.3. The first-order valence-corrected chi connectivity index (χ1v) is 6.18. The van der Waals surface area contributed by atoms with Gasteiger partial charge in [-0.25, -0.2) is 0 Å². The van der Waals surface area contributed by atoms with Gasteiger partial charge < -0.3 is 0 Å². The number of hydrogen-bond acceptors (Lipinski definition) is 0. The molecule has 0 nitrogen and oxygen atoms in total. The van der Waals surface area contributed by atoms with E-state index in [-0.39, 0.29) is 0 Å². The van der Waals surface area contributed by atoms with Gasteiger partial charge in [0.25, 0.3) is 0 Å². The van der Waals surface area contributed by atoms with Crippen LogP contribution in [0.15, 0.2) is 35.9 Å². The van der Waals surface area contributed by atoms with E-state index in [2.05, 4.69) is 24.3 Å². The van der Waals surface area contributed by atoms with Crippen LogP contribution in [0.2, 0.25) is 0 Å². The van der Waals surface area contributed by atoms with Gasteiger partial charge in [0.05, 0.1) is 0 Å². The Bertz CT molecular complexity index is 328. The lowest BCUT2D eigenvalue weighted by molar-refractivity contribution is 0.702. The average Bonchev–Trinajstić information content (AvgIpc) is 2.58. The Morgan fingerprint density at radius 1 is 0.867 bits per heavy atom. The second-order valence-electron chi connectivity index (χ2n) is 4.20. The highest BCUT2D eigenvalue weighted by Gasteiger charge is 2.09. The van der Waals surface area contributed by atoms with Gasteiger partial charge >= 0.3 is 0 Å². The molecule has 0 N–H and O–H groups in total. The molecule has 0 radical (unpaired) electrons. The molecule has 15 heavy (non-hydrogen) atoms. The van der Waals surface area contributed by atoms with Crippen molar-refractivity contribution in [1.82, 2.24) is 0 Å². The van der Waals surface area contributed by atoms with Crippen LogP contribution < -0.4 is 0 Å².